The van der Waals surface area contributed by atoms with Gasteiger partial charge in [0.1, 0.15) is 11.5 Å². The number of benzene rings is 8. The van der Waals surface area contributed by atoms with E-state index in [0.29, 0.717) is 0 Å². The van der Waals surface area contributed by atoms with Crippen LogP contribution in [-0.2, 0) is 5.41 Å². The average Bonchev–Trinajstić information content (AvgIpc) is 3.45. The van der Waals surface area contributed by atoms with E-state index in [9.17, 15) is 0 Å². The molecule has 0 N–H and O–H groups in total. The van der Waals surface area contributed by atoms with E-state index in [0.717, 1.165) is 28.6 Å². The summed E-state index contributed by atoms with van der Waals surface area (Å²) in [6.07, 6.45) is 0. The molecule has 4 heteroatoms. The van der Waals surface area contributed by atoms with Crippen molar-refractivity contribution in [3.8, 4) is 33.8 Å². The Hall–Kier alpha value is -6.78. The molecule has 0 atom stereocenters. The van der Waals surface area contributed by atoms with Crippen LogP contribution in [0.3, 0.4) is 0 Å². The molecule has 2 aliphatic heterocycles. The van der Waals surface area contributed by atoms with Crippen LogP contribution in [0.2, 0.25) is 0 Å². The minimum Gasteiger partial charge on any atom is -0.458 e. The maximum atomic E-state index is 7.11. The first kappa shape index (κ1) is 36.3. The Morgan fingerprint density at radius 3 is 1.83 bits per heavy atom. The number of para-hydroxylation sites is 2. The van der Waals surface area contributed by atoms with E-state index in [1.807, 2.05) is 0 Å². The molecule has 8 aromatic carbocycles. The fraction of sp³-hybridized carbons (Fsp3) is 0.143. The lowest BCUT2D eigenvalue weighted by atomic mass is 9.34. The maximum Gasteiger partial charge on any atom is 0.256 e. The lowest BCUT2D eigenvalue weighted by molar-refractivity contribution is 0.487. The number of aryl methyl sites for hydroxylation is 5. The second-order valence-electron chi connectivity index (χ2n) is 17.6. The van der Waals surface area contributed by atoms with Gasteiger partial charge < -0.3 is 14.5 Å². The number of rotatable bonds is 5. The van der Waals surface area contributed by atoms with E-state index in [4.69, 9.17) is 4.74 Å². The highest BCUT2D eigenvalue weighted by Gasteiger charge is 2.45. The molecular formula is C56H47BN2O. The zero-order valence-corrected chi connectivity index (χ0v) is 35.4. The van der Waals surface area contributed by atoms with E-state index < -0.39 is 0 Å². The van der Waals surface area contributed by atoms with Gasteiger partial charge in [-0.25, -0.2) is 0 Å². The summed E-state index contributed by atoms with van der Waals surface area (Å²) in [6, 6.07) is 58.3. The number of hydrogen-bond acceptors (Lipinski definition) is 3. The summed E-state index contributed by atoms with van der Waals surface area (Å²) in [5.74, 6) is 1.86. The standard InChI is InChI=1S/C56H47BN2O/c1-34-28-37(4)55(38(5)29-34)59-49-27-24-39(53-35(2)16-14-17-36(53)3)30-47(49)57-48-33-46-44(32-52(48)60-51-23-15-22-50(59)54(51)57)43-26-25-42(31-45(43)56(46,6)7)58(40-18-10-8-11-19-40)41-20-12-9-13-21-41/h8-33H,1-7H3. The zero-order chi connectivity index (χ0) is 41.0. The van der Waals surface area contributed by atoms with Crippen LogP contribution in [-0.4, -0.2) is 6.71 Å². The smallest absolute Gasteiger partial charge is 0.256 e. The van der Waals surface area contributed by atoms with E-state index in [1.165, 1.54) is 94.6 Å². The first-order valence-electron chi connectivity index (χ1n) is 21.2. The van der Waals surface area contributed by atoms with Crippen molar-refractivity contribution < 1.29 is 4.74 Å². The minimum absolute atomic E-state index is 0.0199. The van der Waals surface area contributed by atoms with Gasteiger partial charge in [0.2, 0.25) is 0 Å². The summed E-state index contributed by atoms with van der Waals surface area (Å²) < 4.78 is 7.11. The maximum absolute atomic E-state index is 7.11. The molecule has 0 saturated carbocycles. The highest BCUT2D eigenvalue weighted by molar-refractivity contribution is 6.99. The van der Waals surface area contributed by atoms with Gasteiger partial charge >= 0.3 is 0 Å². The number of hydrogen-bond donors (Lipinski definition) is 0. The van der Waals surface area contributed by atoms with Gasteiger partial charge in [-0.05, 0) is 167 Å². The van der Waals surface area contributed by atoms with Crippen molar-refractivity contribution in [2.75, 3.05) is 9.80 Å². The van der Waals surface area contributed by atoms with Gasteiger partial charge in [-0.2, -0.15) is 0 Å². The van der Waals surface area contributed by atoms with Gasteiger partial charge in [-0.3, -0.25) is 0 Å². The number of nitrogens with zero attached hydrogens (tertiary/aromatic N) is 2. The molecule has 60 heavy (non-hydrogen) atoms. The molecule has 11 rings (SSSR count). The molecule has 3 aliphatic rings. The Balaban J connectivity index is 1.11. The predicted octanol–water partition coefficient (Wildman–Crippen LogP) is 13.1. The Labute approximate surface area is 354 Å². The van der Waals surface area contributed by atoms with Crippen molar-refractivity contribution in [1.82, 2.24) is 0 Å². The Kier molecular flexibility index (Phi) is 8.09. The summed E-state index contributed by atoms with van der Waals surface area (Å²) in [5.41, 5.74) is 24.7. The van der Waals surface area contributed by atoms with Crippen molar-refractivity contribution in [2.24, 2.45) is 0 Å². The van der Waals surface area contributed by atoms with Crippen LogP contribution in [0.15, 0.2) is 158 Å². The molecule has 0 amide bonds. The monoisotopic (exact) mass is 774 g/mol. The van der Waals surface area contributed by atoms with Crippen molar-refractivity contribution in [2.45, 2.75) is 53.9 Å². The largest absolute Gasteiger partial charge is 0.458 e. The average molecular weight is 775 g/mol. The Morgan fingerprint density at radius 1 is 0.500 bits per heavy atom. The summed E-state index contributed by atoms with van der Waals surface area (Å²) in [6.45, 7) is 15.9. The van der Waals surface area contributed by atoms with Gasteiger partial charge in [0.25, 0.3) is 6.71 Å². The Morgan fingerprint density at radius 2 is 1.15 bits per heavy atom. The molecule has 1 aliphatic carbocycles. The minimum atomic E-state index is -0.256. The zero-order valence-electron chi connectivity index (χ0n) is 35.4. The van der Waals surface area contributed by atoms with Crippen molar-refractivity contribution in [3.63, 3.8) is 0 Å². The summed E-state index contributed by atoms with van der Waals surface area (Å²) in [4.78, 5) is 4.87. The van der Waals surface area contributed by atoms with Gasteiger partial charge in [0, 0.05) is 33.9 Å². The molecule has 0 bridgehead atoms. The molecule has 3 nitrogen and oxygen atoms in total. The normalized spacial score (nSPS) is 13.8. The van der Waals surface area contributed by atoms with Gasteiger partial charge in [-0.1, -0.05) is 116 Å². The molecule has 0 radical (unpaired) electrons. The third-order valence-corrected chi connectivity index (χ3v) is 13.4. The first-order chi connectivity index (χ1) is 29.1. The molecule has 0 aromatic heterocycles. The van der Waals surface area contributed by atoms with Crippen LogP contribution < -0.4 is 30.9 Å². The topological polar surface area (TPSA) is 15.7 Å². The van der Waals surface area contributed by atoms with Crippen molar-refractivity contribution >= 4 is 57.2 Å². The fourth-order valence-electron chi connectivity index (χ4n) is 10.8. The molecule has 2 heterocycles. The van der Waals surface area contributed by atoms with Crippen molar-refractivity contribution in [3.05, 3.63) is 197 Å². The summed E-state index contributed by atoms with van der Waals surface area (Å²) in [7, 11) is 0. The van der Waals surface area contributed by atoms with Crippen LogP contribution >= 0.6 is 0 Å². The third kappa shape index (κ3) is 5.36. The molecule has 0 unspecified atom stereocenters. The molecular weight excluding hydrogens is 727 g/mol. The van der Waals surface area contributed by atoms with E-state index in [1.54, 1.807) is 0 Å². The summed E-state index contributed by atoms with van der Waals surface area (Å²) in [5, 5.41) is 0. The van der Waals surface area contributed by atoms with Gasteiger partial charge in [0.05, 0.1) is 5.69 Å². The van der Waals surface area contributed by atoms with Crippen LogP contribution in [0, 0.1) is 34.6 Å². The first-order valence-corrected chi connectivity index (χ1v) is 21.2. The molecule has 290 valence electrons. The highest BCUT2D eigenvalue weighted by atomic mass is 16.5. The number of ether oxygens (including phenoxy) is 1. The molecule has 0 fully saturated rings. The SMILES string of the molecule is Cc1cc(C)c(N2c3ccc(-c4c(C)cccc4C)cc3B3c4cc5c(cc4Oc4cccc2c43)-c2ccc(N(c3ccccc3)c3ccccc3)cc2C5(C)C)c(C)c1. The Bertz CT molecular complexity index is 2980. The number of anilines is 6. The van der Waals surface area contributed by atoms with Crippen LogP contribution in [0.4, 0.5) is 34.1 Å². The lowest BCUT2D eigenvalue weighted by Gasteiger charge is -2.41. The van der Waals surface area contributed by atoms with E-state index >= 15 is 0 Å². The van der Waals surface area contributed by atoms with Gasteiger partial charge in [0.15, 0.2) is 0 Å². The lowest BCUT2D eigenvalue weighted by Crippen LogP contribution is -2.59. The van der Waals surface area contributed by atoms with E-state index in [2.05, 4.69) is 216 Å². The number of fused-ring (bicyclic) bond motifs is 7. The van der Waals surface area contributed by atoms with Crippen LogP contribution in [0.25, 0.3) is 22.3 Å². The second kappa shape index (κ2) is 13.4. The van der Waals surface area contributed by atoms with Crippen molar-refractivity contribution in [1.29, 1.82) is 0 Å². The third-order valence-electron chi connectivity index (χ3n) is 13.4. The highest BCUT2D eigenvalue weighted by Crippen LogP contribution is 2.53. The second-order valence-corrected chi connectivity index (χ2v) is 17.6. The molecule has 0 saturated heterocycles. The quantitative estimate of drug-likeness (QED) is 0.162. The van der Waals surface area contributed by atoms with Gasteiger partial charge in [-0.15, -0.1) is 0 Å². The van der Waals surface area contributed by atoms with Crippen LogP contribution in [0.5, 0.6) is 11.5 Å². The molecule has 8 aromatic rings. The van der Waals surface area contributed by atoms with E-state index in [-0.39, 0.29) is 12.1 Å². The predicted molar refractivity (Wildman–Crippen MR) is 254 cm³/mol. The van der Waals surface area contributed by atoms with Crippen LogP contribution in [0.1, 0.15) is 52.8 Å². The molecule has 0 spiro atoms. The summed E-state index contributed by atoms with van der Waals surface area (Å²) >= 11 is 0. The fourth-order valence-corrected chi connectivity index (χ4v) is 10.8.